The lowest BCUT2D eigenvalue weighted by atomic mass is 10.1. The Morgan fingerprint density at radius 1 is 1.15 bits per heavy atom. The molecule has 5 rings (SSSR count). The van der Waals surface area contributed by atoms with Gasteiger partial charge < -0.3 is 19.4 Å². The third-order valence-electron chi connectivity index (χ3n) is 5.70. The maximum absolute atomic E-state index is 12.9. The average Bonchev–Trinajstić information content (AvgIpc) is 3.45. The zero-order valence-corrected chi connectivity index (χ0v) is 18.9. The highest BCUT2D eigenvalue weighted by atomic mass is 32.2. The second-order valence-corrected chi connectivity index (χ2v) is 8.64. The van der Waals surface area contributed by atoms with Crippen LogP contribution in [0.2, 0.25) is 0 Å². The molecule has 2 aliphatic heterocycles. The van der Waals surface area contributed by atoms with Gasteiger partial charge in [-0.3, -0.25) is 19.3 Å². The highest BCUT2D eigenvalue weighted by Crippen LogP contribution is 2.36. The minimum Gasteiger partial charge on any atom is -0.454 e. The van der Waals surface area contributed by atoms with E-state index < -0.39 is 0 Å². The van der Waals surface area contributed by atoms with Crippen molar-refractivity contribution >= 4 is 51.5 Å². The smallest absolute Gasteiger partial charge is 0.293 e. The molecule has 33 heavy (non-hydrogen) atoms. The summed E-state index contributed by atoms with van der Waals surface area (Å²) in [6.07, 6.45) is 1.75. The van der Waals surface area contributed by atoms with Crippen molar-refractivity contribution in [2.45, 2.75) is 20.4 Å². The van der Waals surface area contributed by atoms with Gasteiger partial charge in [0, 0.05) is 40.5 Å². The topological polar surface area (TPSA) is 89.9 Å². The Kier molecular flexibility index (Phi) is 5.33. The minimum absolute atomic E-state index is 0.0884. The number of anilines is 1. The quantitative estimate of drug-likeness (QED) is 0.565. The Morgan fingerprint density at radius 2 is 1.94 bits per heavy atom. The summed E-state index contributed by atoms with van der Waals surface area (Å²) in [7, 11) is 0. The summed E-state index contributed by atoms with van der Waals surface area (Å²) in [5.41, 5.74) is 3.15. The highest BCUT2D eigenvalue weighted by molar-refractivity contribution is 8.18. The Morgan fingerprint density at radius 3 is 2.73 bits per heavy atom. The lowest BCUT2D eigenvalue weighted by Gasteiger charge is -2.10. The number of nitrogens with one attached hydrogen (secondary N) is 1. The number of rotatable bonds is 5. The van der Waals surface area contributed by atoms with E-state index in [1.165, 1.54) is 4.90 Å². The van der Waals surface area contributed by atoms with E-state index >= 15 is 0 Å². The second-order valence-electron chi connectivity index (χ2n) is 7.64. The number of likely N-dealkylation sites (N-methyl/N-ethyl adjacent to an activating group) is 1. The molecule has 3 aromatic rings. The number of hydrogen-bond donors (Lipinski definition) is 1. The van der Waals surface area contributed by atoms with E-state index in [1.807, 2.05) is 35.8 Å². The molecule has 3 amide bonds. The zero-order chi connectivity index (χ0) is 23.1. The van der Waals surface area contributed by atoms with Gasteiger partial charge in [0.05, 0.1) is 4.91 Å². The van der Waals surface area contributed by atoms with Crippen LogP contribution in [0.1, 0.15) is 18.2 Å². The summed E-state index contributed by atoms with van der Waals surface area (Å²) < 4.78 is 12.6. The van der Waals surface area contributed by atoms with Gasteiger partial charge in [0.15, 0.2) is 11.5 Å². The van der Waals surface area contributed by atoms with Crippen molar-refractivity contribution in [2.75, 3.05) is 18.7 Å². The SMILES string of the molecule is CCN1C(=O)S/C(=C\c2c(C)n(CC(=O)Nc3ccc4c(c3)OCO4)c3ccccc23)C1=O. The molecule has 9 heteroatoms. The zero-order valence-electron chi connectivity index (χ0n) is 18.1. The lowest BCUT2D eigenvalue weighted by molar-refractivity contribution is -0.122. The van der Waals surface area contributed by atoms with E-state index in [-0.39, 0.29) is 30.4 Å². The molecule has 3 heterocycles. The van der Waals surface area contributed by atoms with Crippen molar-refractivity contribution in [3.8, 4) is 11.5 Å². The van der Waals surface area contributed by atoms with Crippen LogP contribution in [0.25, 0.3) is 17.0 Å². The van der Waals surface area contributed by atoms with E-state index in [2.05, 4.69) is 5.32 Å². The molecule has 1 N–H and O–H groups in total. The molecule has 0 radical (unpaired) electrons. The molecule has 168 valence electrons. The van der Waals surface area contributed by atoms with Crippen LogP contribution in [0, 0.1) is 6.92 Å². The van der Waals surface area contributed by atoms with E-state index in [9.17, 15) is 14.4 Å². The third-order valence-corrected chi connectivity index (χ3v) is 6.61. The van der Waals surface area contributed by atoms with Crippen molar-refractivity contribution < 1.29 is 23.9 Å². The molecule has 1 aromatic heterocycles. The van der Waals surface area contributed by atoms with Crippen LogP contribution < -0.4 is 14.8 Å². The van der Waals surface area contributed by atoms with Crippen molar-refractivity contribution in [3.05, 3.63) is 58.6 Å². The van der Waals surface area contributed by atoms with Crippen LogP contribution in [0.15, 0.2) is 47.4 Å². The molecule has 1 saturated heterocycles. The van der Waals surface area contributed by atoms with E-state index in [0.717, 1.165) is 33.9 Å². The minimum atomic E-state index is -0.288. The lowest BCUT2D eigenvalue weighted by Crippen LogP contribution is -2.27. The number of thioether (sulfide) groups is 1. The molecular weight excluding hydrogens is 442 g/mol. The molecule has 0 bridgehead atoms. The number of benzene rings is 2. The number of hydrogen-bond acceptors (Lipinski definition) is 6. The summed E-state index contributed by atoms with van der Waals surface area (Å²) in [4.78, 5) is 39.2. The summed E-state index contributed by atoms with van der Waals surface area (Å²) in [5, 5.41) is 3.55. The van der Waals surface area contributed by atoms with Crippen LogP contribution in [-0.2, 0) is 16.1 Å². The van der Waals surface area contributed by atoms with Crippen LogP contribution in [-0.4, -0.2) is 39.9 Å². The first-order valence-corrected chi connectivity index (χ1v) is 11.3. The van der Waals surface area contributed by atoms with Gasteiger partial charge >= 0.3 is 0 Å². The molecule has 2 aromatic carbocycles. The number of carbonyl (C=O) groups is 3. The molecule has 2 aliphatic rings. The van der Waals surface area contributed by atoms with Crippen LogP contribution in [0.3, 0.4) is 0 Å². The standard InChI is InChI=1S/C24H21N3O5S/c1-3-26-23(29)21(33-24(26)30)11-17-14(2)27(18-7-5-4-6-16(17)18)12-22(28)25-15-8-9-19-20(10-15)32-13-31-19/h4-11H,3,12-13H2,1-2H3,(H,25,28)/b21-11-. The Hall–Kier alpha value is -3.72. The fourth-order valence-corrected chi connectivity index (χ4v) is 4.95. The maximum Gasteiger partial charge on any atom is 0.293 e. The molecule has 0 atom stereocenters. The predicted molar refractivity (Wildman–Crippen MR) is 126 cm³/mol. The number of carbonyl (C=O) groups excluding carboxylic acids is 3. The molecule has 8 nitrogen and oxygen atoms in total. The maximum atomic E-state index is 12.9. The highest BCUT2D eigenvalue weighted by Gasteiger charge is 2.34. The molecule has 0 saturated carbocycles. The fourth-order valence-electron chi connectivity index (χ4n) is 4.07. The van der Waals surface area contributed by atoms with Gasteiger partial charge in [-0.15, -0.1) is 0 Å². The van der Waals surface area contributed by atoms with Crippen LogP contribution in [0.4, 0.5) is 10.5 Å². The van der Waals surface area contributed by atoms with Crippen LogP contribution in [0.5, 0.6) is 11.5 Å². The molecule has 0 spiro atoms. The van der Waals surface area contributed by atoms with Gasteiger partial charge in [-0.05, 0) is 49.9 Å². The van der Waals surface area contributed by atoms with Crippen molar-refractivity contribution in [1.82, 2.24) is 9.47 Å². The Labute approximate surface area is 194 Å². The Bertz CT molecular complexity index is 1340. The molecule has 0 aliphatic carbocycles. The van der Waals surface area contributed by atoms with Crippen molar-refractivity contribution in [2.24, 2.45) is 0 Å². The van der Waals surface area contributed by atoms with E-state index in [0.29, 0.717) is 28.6 Å². The summed E-state index contributed by atoms with van der Waals surface area (Å²) in [6, 6.07) is 13.0. The van der Waals surface area contributed by atoms with Gasteiger partial charge in [0.2, 0.25) is 12.7 Å². The first-order chi connectivity index (χ1) is 16.0. The van der Waals surface area contributed by atoms with Gasteiger partial charge in [-0.2, -0.15) is 0 Å². The third kappa shape index (κ3) is 3.74. The first kappa shape index (κ1) is 21.1. The monoisotopic (exact) mass is 463 g/mol. The van der Waals surface area contributed by atoms with E-state index in [1.54, 1.807) is 31.2 Å². The number of nitrogens with zero attached hydrogens (tertiary/aromatic N) is 2. The average molecular weight is 464 g/mol. The Balaban J connectivity index is 1.45. The van der Waals surface area contributed by atoms with Crippen molar-refractivity contribution in [3.63, 3.8) is 0 Å². The number of imide groups is 1. The molecular formula is C24H21N3O5S. The summed E-state index contributed by atoms with van der Waals surface area (Å²) in [6.45, 7) is 4.27. The van der Waals surface area contributed by atoms with Gasteiger partial charge in [-0.25, -0.2) is 0 Å². The fraction of sp³-hybridized carbons (Fsp3) is 0.208. The molecule has 1 fully saturated rings. The first-order valence-electron chi connectivity index (χ1n) is 10.5. The number of para-hydroxylation sites is 1. The van der Waals surface area contributed by atoms with Crippen LogP contribution >= 0.6 is 11.8 Å². The normalized spacial score (nSPS) is 16.3. The summed E-state index contributed by atoms with van der Waals surface area (Å²) in [5.74, 6) is 0.760. The van der Waals surface area contributed by atoms with Gasteiger partial charge in [0.1, 0.15) is 6.54 Å². The number of amides is 3. The van der Waals surface area contributed by atoms with Gasteiger partial charge in [0.25, 0.3) is 11.1 Å². The number of fused-ring (bicyclic) bond motifs is 2. The van der Waals surface area contributed by atoms with Gasteiger partial charge in [-0.1, -0.05) is 18.2 Å². The second kappa shape index (κ2) is 8.32. The predicted octanol–water partition coefficient (Wildman–Crippen LogP) is 4.37. The summed E-state index contributed by atoms with van der Waals surface area (Å²) >= 11 is 0.941. The number of ether oxygens (including phenoxy) is 2. The van der Waals surface area contributed by atoms with E-state index in [4.69, 9.17) is 9.47 Å². The molecule has 0 unspecified atom stereocenters. The number of aromatic nitrogens is 1. The van der Waals surface area contributed by atoms with Crippen molar-refractivity contribution in [1.29, 1.82) is 0 Å². The largest absolute Gasteiger partial charge is 0.454 e.